The number of carboxylic acids is 1. The van der Waals surface area contributed by atoms with Crippen LogP contribution in [0.3, 0.4) is 0 Å². The Kier molecular flexibility index (Phi) is 3.82. The summed E-state index contributed by atoms with van der Waals surface area (Å²) in [5, 5.41) is 7.98. The van der Waals surface area contributed by atoms with Crippen LogP contribution in [0.5, 0.6) is 0 Å². The molecule has 0 aromatic heterocycles. The molecule has 0 bridgehead atoms. The van der Waals surface area contributed by atoms with Gasteiger partial charge in [0.2, 0.25) is 0 Å². The molecular weight excluding hydrogens is 226 g/mol. The molecule has 0 heterocycles. The topological polar surface area (TPSA) is 83.8 Å². The zero-order chi connectivity index (χ0) is 7.49. The summed E-state index contributed by atoms with van der Waals surface area (Å²) in [6.45, 7) is 0. The fourth-order valence-corrected chi connectivity index (χ4v) is 1.09. The normalized spacial score (nSPS) is 16.4. The van der Waals surface area contributed by atoms with E-state index < -0.39 is 19.7 Å². The van der Waals surface area contributed by atoms with E-state index in [1.54, 1.807) is 0 Å². The van der Waals surface area contributed by atoms with Crippen LogP contribution in [0.15, 0.2) is 0 Å². The van der Waals surface area contributed by atoms with Crippen molar-refractivity contribution in [2.45, 2.75) is 0 Å². The molecule has 0 radical (unpaired) electrons. The molecule has 51 valence electrons. The van der Waals surface area contributed by atoms with Gasteiger partial charge in [0.1, 0.15) is 0 Å². The van der Waals surface area contributed by atoms with Crippen molar-refractivity contribution in [3.63, 3.8) is 0 Å². The van der Waals surface area contributed by atoms with Gasteiger partial charge in [-0.25, -0.2) is 0 Å². The van der Waals surface area contributed by atoms with Crippen molar-refractivity contribution in [3.05, 3.63) is 0 Å². The fraction of sp³-hybridized carbons (Fsp3) is 0.500. The molecule has 0 saturated heterocycles. The van der Waals surface area contributed by atoms with Gasteiger partial charge in [-0.05, 0) is 0 Å². The van der Waals surface area contributed by atoms with Gasteiger partial charge in [-0.3, -0.25) is 0 Å². The first-order valence-corrected chi connectivity index (χ1v) is 4.63. The molecule has 0 saturated carbocycles. The van der Waals surface area contributed by atoms with Gasteiger partial charge in [0.05, 0.1) is 0 Å². The zero-order valence-electron chi connectivity index (χ0n) is 4.27. The van der Waals surface area contributed by atoms with Crippen molar-refractivity contribution >= 4 is 13.6 Å². The molecular formula is C2H4O5PZr. The molecule has 2 N–H and O–H groups in total. The molecule has 0 spiro atoms. The van der Waals surface area contributed by atoms with Gasteiger partial charge in [-0.2, -0.15) is 0 Å². The summed E-state index contributed by atoms with van der Waals surface area (Å²) in [6, 6.07) is 0. The van der Waals surface area contributed by atoms with Crippen molar-refractivity contribution in [3.8, 4) is 0 Å². The van der Waals surface area contributed by atoms with Crippen molar-refractivity contribution in [1.29, 1.82) is 0 Å². The Bertz CT molecular complexity index is 155. The second-order valence-corrected chi connectivity index (χ2v) is 4.40. The van der Waals surface area contributed by atoms with Crippen molar-refractivity contribution in [2.24, 2.45) is 0 Å². The standard InChI is InChI=1S/C2H5O5P.Zr/c3-2(4)1-8(5,6)7;/h1H2,(H,3,4)(H2,5,6,7);/q;+1/p-1. The Balaban J connectivity index is 3.88. The molecule has 0 aliphatic heterocycles. The third kappa shape index (κ3) is 4.97. The van der Waals surface area contributed by atoms with Gasteiger partial charge in [0, 0.05) is 0 Å². The maximum atomic E-state index is 10.4. The van der Waals surface area contributed by atoms with E-state index >= 15 is 0 Å². The zero-order valence-corrected chi connectivity index (χ0v) is 7.63. The summed E-state index contributed by atoms with van der Waals surface area (Å²) in [7, 11) is -3.79. The van der Waals surface area contributed by atoms with Crippen LogP contribution in [0.1, 0.15) is 0 Å². The molecule has 0 aliphatic rings. The first kappa shape index (κ1) is 9.50. The van der Waals surface area contributed by atoms with Gasteiger partial charge in [0.15, 0.2) is 0 Å². The average Bonchev–Trinajstić information content (AvgIpc) is 1.63. The van der Waals surface area contributed by atoms with Crippen molar-refractivity contribution in [2.75, 3.05) is 6.16 Å². The van der Waals surface area contributed by atoms with Crippen LogP contribution in [0, 0.1) is 0 Å². The molecule has 0 amide bonds. The molecule has 1 unspecified atom stereocenters. The van der Waals surface area contributed by atoms with Crippen molar-refractivity contribution < 1.29 is 47.1 Å². The minimum atomic E-state index is -3.79. The number of rotatable bonds is 3. The molecule has 9 heavy (non-hydrogen) atoms. The third-order valence-electron chi connectivity index (χ3n) is 0.478. The molecule has 0 rings (SSSR count). The molecule has 0 fully saturated rings. The molecule has 0 aromatic rings. The van der Waals surface area contributed by atoms with Gasteiger partial charge in [-0.1, -0.05) is 0 Å². The van der Waals surface area contributed by atoms with E-state index in [-0.39, 0.29) is 0 Å². The van der Waals surface area contributed by atoms with Crippen LogP contribution >= 0.6 is 7.60 Å². The summed E-state index contributed by atoms with van der Waals surface area (Å²) >= 11 is 0.398. The van der Waals surface area contributed by atoms with Gasteiger partial charge < -0.3 is 0 Å². The van der Waals surface area contributed by atoms with Crippen LogP contribution in [0.2, 0.25) is 0 Å². The first-order valence-electron chi connectivity index (χ1n) is 1.87. The van der Waals surface area contributed by atoms with Crippen LogP contribution in [-0.2, 0) is 37.1 Å². The Morgan fingerprint density at radius 2 is 2.22 bits per heavy atom. The summed E-state index contributed by atoms with van der Waals surface area (Å²) in [5.74, 6) is -1.33. The Morgan fingerprint density at radius 1 is 1.78 bits per heavy atom. The number of hydrogen-bond acceptors (Lipinski definition) is 3. The van der Waals surface area contributed by atoms with Gasteiger partial charge in [-0.15, -0.1) is 0 Å². The minimum absolute atomic E-state index is 0.398. The Morgan fingerprint density at radius 3 is 2.33 bits per heavy atom. The number of carboxylic acid groups (broad SMARTS) is 1. The summed E-state index contributed by atoms with van der Waals surface area (Å²) in [6.07, 6.45) is -0.821. The summed E-state index contributed by atoms with van der Waals surface area (Å²) in [4.78, 5) is 18.2. The van der Waals surface area contributed by atoms with E-state index in [2.05, 4.69) is 2.60 Å². The van der Waals surface area contributed by atoms with Gasteiger partial charge in [0.25, 0.3) is 0 Å². The van der Waals surface area contributed by atoms with E-state index in [0.717, 1.165) is 0 Å². The number of carbonyl (C=O) groups is 1. The van der Waals surface area contributed by atoms with Gasteiger partial charge >= 0.3 is 66.8 Å². The van der Waals surface area contributed by atoms with E-state index in [1.807, 2.05) is 0 Å². The number of aliphatic carboxylic acids is 1. The quantitative estimate of drug-likeness (QED) is 0.652. The number of hydrogen-bond donors (Lipinski definition) is 2. The van der Waals surface area contributed by atoms with E-state index in [9.17, 15) is 9.36 Å². The first-order chi connectivity index (χ1) is 3.98. The summed E-state index contributed by atoms with van der Waals surface area (Å²) < 4.78 is 14.4. The monoisotopic (exact) mass is 229 g/mol. The predicted octanol–water partition coefficient (Wildman–Crippen LogP) is -0.265. The van der Waals surface area contributed by atoms with Crippen LogP contribution in [0.25, 0.3) is 0 Å². The second-order valence-electron chi connectivity index (χ2n) is 1.28. The van der Waals surface area contributed by atoms with Crippen molar-refractivity contribution in [1.82, 2.24) is 0 Å². The van der Waals surface area contributed by atoms with E-state index in [4.69, 9.17) is 10.00 Å². The average molecular weight is 230 g/mol. The summed E-state index contributed by atoms with van der Waals surface area (Å²) in [5.41, 5.74) is 0. The van der Waals surface area contributed by atoms with E-state index in [0.29, 0.717) is 25.2 Å². The Labute approximate surface area is 67.0 Å². The third-order valence-corrected chi connectivity index (χ3v) is 3.54. The second kappa shape index (κ2) is 3.62. The molecule has 5 nitrogen and oxygen atoms in total. The SMILES string of the molecule is O=C(O)CP(=O)(O)[O][Zr]. The van der Waals surface area contributed by atoms with Crippen LogP contribution in [0.4, 0.5) is 0 Å². The maximum absolute atomic E-state index is 10.4. The molecule has 7 heteroatoms. The van der Waals surface area contributed by atoms with E-state index in [1.165, 1.54) is 0 Å². The predicted molar refractivity (Wildman–Crippen MR) is 23.4 cm³/mol. The van der Waals surface area contributed by atoms with Crippen LogP contribution in [-0.4, -0.2) is 22.1 Å². The fourth-order valence-electron chi connectivity index (χ4n) is 0.203. The van der Waals surface area contributed by atoms with Crippen LogP contribution < -0.4 is 0 Å². The molecule has 1 atom stereocenters. The molecule has 0 aliphatic carbocycles. The molecule has 0 aromatic carbocycles. The Hall–Kier alpha value is 0.503.